The van der Waals surface area contributed by atoms with Crippen LogP contribution in [0.15, 0.2) is 60.7 Å². The lowest BCUT2D eigenvalue weighted by molar-refractivity contribution is 0.347. The van der Waals surface area contributed by atoms with Gasteiger partial charge in [-0.05, 0) is 135 Å². The molecule has 0 fully saturated rings. The van der Waals surface area contributed by atoms with Gasteiger partial charge in [0.2, 0.25) is 0 Å². The van der Waals surface area contributed by atoms with Gasteiger partial charge in [0.05, 0.1) is 0 Å². The van der Waals surface area contributed by atoms with Gasteiger partial charge in [0, 0.05) is 11.1 Å². The molecule has 0 unspecified atom stereocenters. The minimum atomic E-state index is -4.68. The largest absolute Gasteiger partial charge is 0.441 e. The molecule has 3 nitrogen and oxygen atoms in total. The van der Waals surface area contributed by atoms with E-state index in [1.54, 1.807) is 0 Å². The molecule has 0 radical (unpaired) electrons. The molecule has 0 atom stereocenters. The number of halogens is 1. The number of hydrogen-bond donors (Lipinski definition) is 3. The molecule has 0 spiro atoms. The molecule has 5 rings (SSSR count). The Morgan fingerprint density at radius 3 is 1.05 bits per heavy atom. The molecule has 0 heterocycles. The zero-order valence-corrected chi connectivity index (χ0v) is 37.8. The molecule has 0 bridgehead atoms. The van der Waals surface area contributed by atoms with Crippen molar-refractivity contribution in [2.45, 2.75) is 157 Å². The van der Waals surface area contributed by atoms with Gasteiger partial charge in [0.25, 0.3) is 0 Å². The predicted octanol–water partition coefficient (Wildman–Crippen LogP) is 13.6. The van der Waals surface area contributed by atoms with Crippen LogP contribution >= 0.6 is 7.94 Å². The molecule has 0 aromatic heterocycles. The molecule has 3 N–H and O–H groups in total. The van der Waals surface area contributed by atoms with Crippen molar-refractivity contribution >= 4 is 34.8 Å². The zero-order chi connectivity index (χ0) is 41.8. The summed E-state index contributed by atoms with van der Waals surface area (Å²) in [7, 11) is -4.68. The van der Waals surface area contributed by atoms with Gasteiger partial charge < -0.3 is 0 Å². The van der Waals surface area contributed by atoms with E-state index in [1.807, 2.05) is 0 Å². The summed E-state index contributed by atoms with van der Waals surface area (Å²) in [6, 6.07) is 20.4. The first-order valence-electron chi connectivity index (χ1n) is 19.8. The predicted molar refractivity (Wildman–Crippen MR) is 238 cm³/mol. The molecule has 296 valence electrons. The van der Waals surface area contributed by atoms with Crippen LogP contribution in [-0.4, -0.2) is 14.7 Å². The summed E-state index contributed by atoms with van der Waals surface area (Å²) in [5.74, 6) is -0.486. The van der Waals surface area contributed by atoms with Gasteiger partial charge in [-0.3, -0.25) is 0 Å². The Balaban J connectivity index is 2.10. The van der Waals surface area contributed by atoms with Crippen molar-refractivity contribution in [1.29, 1.82) is 0 Å². The third-order valence-corrected chi connectivity index (χ3v) is 12.2. The van der Waals surface area contributed by atoms with Gasteiger partial charge in [0.15, 0.2) is 5.30 Å². The highest BCUT2D eigenvalue weighted by Crippen LogP contribution is 2.53. The average molecular weight is 766 g/mol. The lowest BCUT2D eigenvalue weighted by atomic mass is 9.73. The molecule has 0 saturated carbocycles. The average Bonchev–Trinajstić information content (AvgIpc) is 2.98. The van der Waals surface area contributed by atoms with Crippen molar-refractivity contribution in [3.8, 4) is 22.3 Å². The minimum absolute atomic E-state index is 0.0588. The number of fused-ring (bicyclic) bond motifs is 2. The quantitative estimate of drug-likeness (QED) is 0.160. The Labute approximate surface area is 332 Å². The zero-order valence-electron chi connectivity index (χ0n) is 36.9. The first-order valence-corrected chi connectivity index (χ1v) is 21.4. The minimum Gasteiger partial charge on any atom is -0.206 e. The summed E-state index contributed by atoms with van der Waals surface area (Å²) in [5, 5.41) is 4.15. The van der Waals surface area contributed by atoms with E-state index in [9.17, 15) is 14.7 Å². The molecule has 55 heavy (non-hydrogen) atoms. The van der Waals surface area contributed by atoms with Crippen molar-refractivity contribution in [2.24, 2.45) is 0 Å². The van der Waals surface area contributed by atoms with Crippen molar-refractivity contribution in [1.82, 2.24) is 0 Å². The molecular formula is C50H67FO3P+. The van der Waals surface area contributed by atoms with E-state index in [-0.39, 0.29) is 32.5 Å². The van der Waals surface area contributed by atoms with Crippen LogP contribution in [0.4, 0.5) is 4.39 Å². The van der Waals surface area contributed by atoms with E-state index < -0.39 is 24.6 Å². The van der Waals surface area contributed by atoms with Crippen LogP contribution < -0.4 is 5.30 Å². The van der Waals surface area contributed by atoms with Crippen LogP contribution in [0.25, 0.3) is 43.8 Å². The van der Waals surface area contributed by atoms with Crippen LogP contribution in [0.5, 0.6) is 0 Å². The van der Waals surface area contributed by atoms with Gasteiger partial charge in [-0.1, -0.05) is 149 Å². The van der Waals surface area contributed by atoms with Crippen LogP contribution in [0.3, 0.4) is 0 Å². The lowest BCUT2D eigenvalue weighted by Gasteiger charge is -2.32. The summed E-state index contributed by atoms with van der Waals surface area (Å²) in [4.78, 5) is 33.8. The van der Waals surface area contributed by atoms with Gasteiger partial charge in [-0.15, -0.1) is 0 Å². The van der Waals surface area contributed by atoms with Gasteiger partial charge >= 0.3 is 7.94 Å². The fraction of sp³-hybridized carbons (Fsp3) is 0.480. The van der Waals surface area contributed by atoms with Crippen LogP contribution in [0, 0.1) is 5.82 Å². The molecule has 0 aliphatic carbocycles. The molecular weight excluding hydrogens is 699 g/mol. The van der Waals surface area contributed by atoms with Crippen molar-refractivity contribution < 1.29 is 19.1 Å². The second-order valence-corrected chi connectivity index (χ2v) is 23.8. The highest BCUT2D eigenvalue weighted by Gasteiger charge is 2.42. The first kappa shape index (κ1) is 43.0. The van der Waals surface area contributed by atoms with Crippen LogP contribution in [0.2, 0.25) is 0 Å². The molecule has 0 aliphatic heterocycles. The Morgan fingerprint density at radius 1 is 0.400 bits per heavy atom. The van der Waals surface area contributed by atoms with E-state index in [0.717, 1.165) is 43.8 Å². The molecule has 0 amide bonds. The second kappa shape index (κ2) is 13.5. The maximum atomic E-state index is 17.3. The van der Waals surface area contributed by atoms with Gasteiger partial charge in [0.1, 0.15) is 5.82 Å². The molecule has 5 aromatic carbocycles. The number of benzene rings is 5. The van der Waals surface area contributed by atoms with E-state index in [1.165, 1.54) is 23.3 Å². The van der Waals surface area contributed by atoms with E-state index in [2.05, 4.69) is 173 Å². The molecule has 0 saturated heterocycles. The summed E-state index contributed by atoms with van der Waals surface area (Å²) >= 11 is 0. The van der Waals surface area contributed by atoms with Crippen LogP contribution in [0.1, 0.15) is 158 Å². The smallest absolute Gasteiger partial charge is 0.206 e. The van der Waals surface area contributed by atoms with Crippen molar-refractivity contribution in [3.63, 3.8) is 0 Å². The Kier molecular flexibility index (Phi) is 10.5. The second-order valence-electron chi connectivity index (χ2n) is 22.2. The molecule has 5 aromatic rings. The fourth-order valence-corrected chi connectivity index (χ4v) is 8.74. The SMILES string of the molecule is CC(C)(C)c1cc(C(C)(C)C)c2cc(-c3c(F)ccc([P+](O)(O)O)c3-c3cc4c(C(C)(C)C)cc(C(C)(C)C)cc4cc3C(C)(C)C)c(C(C)(C)C)cc2c1. The Hall–Kier alpha value is -3.14. The molecule has 0 aliphatic rings. The van der Waals surface area contributed by atoms with E-state index in [0.29, 0.717) is 16.7 Å². The Bertz CT molecular complexity index is 2300. The summed E-state index contributed by atoms with van der Waals surface area (Å²) in [5.41, 5.74) is 7.08. The van der Waals surface area contributed by atoms with E-state index >= 15 is 4.39 Å². The van der Waals surface area contributed by atoms with Crippen molar-refractivity contribution in [2.75, 3.05) is 0 Å². The monoisotopic (exact) mass is 765 g/mol. The lowest BCUT2D eigenvalue weighted by Crippen LogP contribution is -2.21. The third kappa shape index (κ3) is 8.45. The first-order chi connectivity index (χ1) is 24.6. The maximum absolute atomic E-state index is 17.3. The summed E-state index contributed by atoms with van der Waals surface area (Å²) in [6.45, 7) is 39.4. The number of rotatable bonds is 3. The third-order valence-electron chi connectivity index (χ3n) is 11.1. The highest BCUT2D eigenvalue weighted by molar-refractivity contribution is 7.67. The highest BCUT2D eigenvalue weighted by atomic mass is 31.2. The summed E-state index contributed by atoms with van der Waals surface area (Å²) in [6.07, 6.45) is 0. The Morgan fingerprint density at radius 2 is 0.745 bits per heavy atom. The van der Waals surface area contributed by atoms with Gasteiger partial charge in [-0.25, -0.2) is 4.39 Å². The number of hydrogen-bond acceptors (Lipinski definition) is 3. The maximum Gasteiger partial charge on any atom is 0.441 e. The fourth-order valence-electron chi connectivity index (χ4n) is 7.94. The molecule has 5 heteroatoms. The standard InChI is InChI=1S/C50H67FO3P/c1-45(2,3)31-21-29-23-37(47(7,8)9)35(27-33(29)39(25-31)49(13,14)15)43-41(51)19-20-42(55(52,53)54)44(43)36-28-34-30(24-38(36)48(10,11)12)22-32(46(4,5)6)26-40(34)50(16,17)18/h19-28,52-54H,1-18H3/q+1. The van der Waals surface area contributed by atoms with Crippen molar-refractivity contribution in [3.05, 3.63) is 99.9 Å². The van der Waals surface area contributed by atoms with Crippen LogP contribution in [-0.2, 0) is 32.5 Å². The van der Waals surface area contributed by atoms with E-state index in [4.69, 9.17) is 0 Å². The van der Waals surface area contributed by atoms with Gasteiger partial charge in [-0.2, -0.15) is 14.7 Å². The topological polar surface area (TPSA) is 60.7 Å². The normalized spacial score (nSPS) is 14.0. The summed E-state index contributed by atoms with van der Waals surface area (Å²) < 4.78 is 17.3.